The molecule has 3 nitrogen and oxygen atoms in total. The Labute approximate surface area is 91.9 Å². The Kier molecular flexibility index (Phi) is 4.97. The molecule has 0 aliphatic heterocycles. The minimum Gasteiger partial charge on any atom is -0.465 e. The van der Waals surface area contributed by atoms with Gasteiger partial charge in [-0.1, -0.05) is 18.7 Å². The van der Waals surface area contributed by atoms with E-state index in [1.165, 1.54) is 11.8 Å². The summed E-state index contributed by atoms with van der Waals surface area (Å²) in [6.45, 7) is 4.23. The van der Waals surface area contributed by atoms with Crippen LogP contribution in [-0.4, -0.2) is 22.8 Å². The first-order valence-electron chi connectivity index (χ1n) is 4.50. The second kappa shape index (κ2) is 6.03. The highest BCUT2D eigenvalue weighted by molar-refractivity contribution is 8.02. The number of thioether (sulfide) groups is 1. The molecule has 1 atom stereocenters. The van der Waals surface area contributed by atoms with E-state index < -0.39 is 0 Å². The van der Waals surface area contributed by atoms with Crippen LogP contribution in [0, 0.1) is 0 Å². The van der Waals surface area contributed by atoms with Gasteiger partial charge in [0.1, 0.15) is 5.25 Å². The first-order chi connectivity index (χ1) is 6.77. The number of rotatable bonds is 5. The standard InChI is InChI=1S/C9H13NO2S2/c1-3-7(8(11)12-4-2)14-9-10-5-6-13-9/h5-7H,3-4H2,1-2H3/t7-/m1/s1. The Bertz CT molecular complexity index is 274. The Morgan fingerprint density at radius 2 is 2.50 bits per heavy atom. The van der Waals surface area contributed by atoms with Crippen LogP contribution in [0.5, 0.6) is 0 Å². The summed E-state index contributed by atoms with van der Waals surface area (Å²) < 4.78 is 5.88. The van der Waals surface area contributed by atoms with Crippen molar-refractivity contribution in [1.29, 1.82) is 0 Å². The molecule has 1 heterocycles. The van der Waals surface area contributed by atoms with Crippen LogP contribution in [0.2, 0.25) is 0 Å². The lowest BCUT2D eigenvalue weighted by molar-refractivity contribution is -0.142. The number of carbonyl (C=O) groups excluding carboxylic acids is 1. The number of hydrogen-bond acceptors (Lipinski definition) is 5. The SMILES string of the molecule is CCOC(=O)[C@@H](CC)Sc1nccs1. The van der Waals surface area contributed by atoms with E-state index in [0.717, 1.165) is 10.8 Å². The topological polar surface area (TPSA) is 39.2 Å². The molecule has 0 N–H and O–H groups in total. The largest absolute Gasteiger partial charge is 0.465 e. The van der Waals surface area contributed by atoms with Crippen molar-refractivity contribution in [1.82, 2.24) is 4.98 Å². The fourth-order valence-electron chi connectivity index (χ4n) is 0.924. The van der Waals surface area contributed by atoms with Crippen molar-refractivity contribution in [3.63, 3.8) is 0 Å². The number of esters is 1. The molecule has 0 aliphatic rings. The molecular formula is C9H13NO2S2. The van der Waals surface area contributed by atoms with Crippen LogP contribution in [0.1, 0.15) is 20.3 Å². The van der Waals surface area contributed by atoms with E-state index >= 15 is 0 Å². The zero-order valence-electron chi connectivity index (χ0n) is 8.23. The minimum atomic E-state index is -0.143. The first-order valence-corrected chi connectivity index (χ1v) is 6.26. The molecule has 0 aromatic carbocycles. The average molecular weight is 231 g/mol. The van der Waals surface area contributed by atoms with E-state index in [2.05, 4.69) is 4.98 Å². The first kappa shape index (κ1) is 11.5. The molecule has 0 radical (unpaired) electrons. The number of ether oxygens (including phenoxy) is 1. The lowest BCUT2D eigenvalue weighted by Crippen LogP contribution is -2.19. The third kappa shape index (κ3) is 3.31. The Hall–Kier alpha value is -0.550. The fourth-order valence-corrected chi connectivity index (χ4v) is 2.72. The Balaban J connectivity index is 2.50. The summed E-state index contributed by atoms with van der Waals surface area (Å²) in [7, 11) is 0. The lowest BCUT2D eigenvalue weighted by atomic mass is 10.3. The van der Waals surface area contributed by atoms with Crippen LogP contribution in [-0.2, 0) is 9.53 Å². The van der Waals surface area contributed by atoms with E-state index in [0.29, 0.717) is 6.61 Å². The lowest BCUT2D eigenvalue weighted by Gasteiger charge is -2.10. The molecule has 0 fully saturated rings. The van der Waals surface area contributed by atoms with Gasteiger partial charge in [0, 0.05) is 11.6 Å². The third-order valence-corrected chi connectivity index (χ3v) is 3.83. The number of thiazole rings is 1. The molecule has 0 unspecified atom stereocenters. The van der Waals surface area contributed by atoms with Gasteiger partial charge in [-0.3, -0.25) is 4.79 Å². The molecule has 1 aromatic rings. The van der Waals surface area contributed by atoms with Gasteiger partial charge in [0.2, 0.25) is 0 Å². The molecule has 0 saturated carbocycles. The van der Waals surface area contributed by atoms with Crippen LogP contribution >= 0.6 is 23.1 Å². The molecule has 78 valence electrons. The number of nitrogens with zero attached hydrogens (tertiary/aromatic N) is 1. The second-order valence-corrected chi connectivity index (χ2v) is 4.91. The molecular weight excluding hydrogens is 218 g/mol. The predicted octanol–water partition coefficient (Wildman–Crippen LogP) is 2.58. The zero-order valence-corrected chi connectivity index (χ0v) is 9.86. The monoisotopic (exact) mass is 231 g/mol. The molecule has 0 bridgehead atoms. The normalized spacial score (nSPS) is 12.4. The van der Waals surface area contributed by atoms with Gasteiger partial charge in [0.15, 0.2) is 4.34 Å². The fraction of sp³-hybridized carbons (Fsp3) is 0.556. The van der Waals surface area contributed by atoms with Gasteiger partial charge < -0.3 is 4.74 Å². The van der Waals surface area contributed by atoms with Crippen LogP contribution in [0.3, 0.4) is 0 Å². The third-order valence-electron chi connectivity index (χ3n) is 1.57. The van der Waals surface area contributed by atoms with E-state index in [4.69, 9.17) is 4.74 Å². The highest BCUT2D eigenvalue weighted by atomic mass is 32.2. The summed E-state index contributed by atoms with van der Waals surface area (Å²) in [5, 5.41) is 1.78. The van der Waals surface area contributed by atoms with Crippen molar-refractivity contribution in [3.8, 4) is 0 Å². The maximum atomic E-state index is 11.4. The molecule has 5 heteroatoms. The van der Waals surface area contributed by atoms with Crippen LogP contribution < -0.4 is 0 Å². The zero-order chi connectivity index (χ0) is 10.4. The maximum absolute atomic E-state index is 11.4. The highest BCUT2D eigenvalue weighted by Gasteiger charge is 2.19. The molecule has 0 aliphatic carbocycles. The Morgan fingerprint density at radius 3 is 3.00 bits per heavy atom. The molecule has 1 rings (SSSR count). The van der Waals surface area contributed by atoms with E-state index in [9.17, 15) is 4.79 Å². The summed E-state index contributed by atoms with van der Waals surface area (Å²) >= 11 is 3.02. The van der Waals surface area contributed by atoms with Crippen LogP contribution in [0.4, 0.5) is 0 Å². The quantitative estimate of drug-likeness (QED) is 0.577. The van der Waals surface area contributed by atoms with Gasteiger partial charge in [-0.15, -0.1) is 11.3 Å². The van der Waals surface area contributed by atoms with Crippen molar-refractivity contribution in [2.75, 3.05) is 6.61 Å². The smallest absolute Gasteiger partial charge is 0.319 e. The van der Waals surface area contributed by atoms with Crippen LogP contribution in [0.25, 0.3) is 0 Å². The molecule has 0 saturated heterocycles. The van der Waals surface area contributed by atoms with Gasteiger partial charge in [0.05, 0.1) is 6.61 Å². The average Bonchev–Trinajstić information content (AvgIpc) is 2.66. The maximum Gasteiger partial charge on any atom is 0.319 e. The van der Waals surface area contributed by atoms with Crippen molar-refractivity contribution >= 4 is 29.1 Å². The molecule has 14 heavy (non-hydrogen) atoms. The minimum absolute atomic E-state index is 0.124. The summed E-state index contributed by atoms with van der Waals surface area (Å²) in [5.41, 5.74) is 0. The van der Waals surface area contributed by atoms with Gasteiger partial charge in [0.25, 0.3) is 0 Å². The second-order valence-electron chi connectivity index (χ2n) is 2.56. The van der Waals surface area contributed by atoms with Gasteiger partial charge >= 0.3 is 5.97 Å². The predicted molar refractivity (Wildman–Crippen MR) is 58.7 cm³/mol. The summed E-state index contributed by atoms with van der Waals surface area (Å²) in [6, 6.07) is 0. The molecule has 0 amide bonds. The summed E-state index contributed by atoms with van der Waals surface area (Å²) in [4.78, 5) is 15.6. The van der Waals surface area contributed by atoms with Crippen molar-refractivity contribution in [2.24, 2.45) is 0 Å². The number of carbonyl (C=O) groups is 1. The van der Waals surface area contributed by atoms with Crippen molar-refractivity contribution in [3.05, 3.63) is 11.6 Å². The Morgan fingerprint density at radius 1 is 1.71 bits per heavy atom. The summed E-state index contributed by atoms with van der Waals surface area (Å²) in [5.74, 6) is -0.143. The van der Waals surface area contributed by atoms with Gasteiger partial charge in [-0.25, -0.2) is 4.98 Å². The number of aromatic nitrogens is 1. The van der Waals surface area contributed by atoms with E-state index in [1.54, 1.807) is 17.5 Å². The van der Waals surface area contributed by atoms with Crippen molar-refractivity contribution in [2.45, 2.75) is 29.9 Å². The van der Waals surface area contributed by atoms with Gasteiger partial charge in [-0.05, 0) is 13.3 Å². The van der Waals surface area contributed by atoms with Gasteiger partial charge in [-0.2, -0.15) is 0 Å². The van der Waals surface area contributed by atoms with Crippen LogP contribution in [0.15, 0.2) is 15.9 Å². The van der Waals surface area contributed by atoms with E-state index in [1.807, 2.05) is 19.2 Å². The molecule has 0 spiro atoms. The summed E-state index contributed by atoms with van der Waals surface area (Å²) in [6.07, 6.45) is 2.51. The molecule has 1 aromatic heterocycles. The van der Waals surface area contributed by atoms with Crippen molar-refractivity contribution < 1.29 is 9.53 Å². The number of hydrogen-bond donors (Lipinski definition) is 0. The highest BCUT2D eigenvalue weighted by Crippen LogP contribution is 2.27. The van der Waals surface area contributed by atoms with E-state index in [-0.39, 0.29) is 11.2 Å².